The Labute approximate surface area is 116 Å². The first-order valence-electron chi connectivity index (χ1n) is 6.39. The average Bonchev–Trinajstić information content (AvgIpc) is 2.33. The Balaban J connectivity index is 2.90. The second-order valence-electron chi connectivity index (χ2n) is 5.52. The molecule has 1 rings (SSSR count). The van der Waals surface area contributed by atoms with Crippen molar-refractivity contribution in [3.8, 4) is 0 Å². The molecule has 0 unspecified atom stereocenters. The summed E-state index contributed by atoms with van der Waals surface area (Å²) in [6, 6.07) is 3.63. The third kappa shape index (κ3) is 4.33. The molecule has 102 valence electrons. The standard InChI is InChI=1S/C15H21N2OP/c1-7-19(5,6)10-14(18)17-15-11(2)8-13(16-4)9-12(15)3/h8-9H,7,10H2,1-3,5-6H3/p+1. The van der Waals surface area contributed by atoms with Crippen molar-refractivity contribution in [1.82, 2.24) is 0 Å². The molecule has 0 radical (unpaired) electrons. The maximum Gasteiger partial charge on any atom is 0.261 e. The number of rotatable bonds is 4. The van der Waals surface area contributed by atoms with Gasteiger partial charge in [0, 0.05) is 26.3 Å². The highest BCUT2D eigenvalue weighted by atomic mass is 31.2. The molecule has 1 aromatic carbocycles. The molecule has 19 heavy (non-hydrogen) atoms. The summed E-state index contributed by atoms with van der Waals surface area (Å²) in [6.07, 6.45) is 1.70. The summed E-state index contributed by atoms with van der Waals surface area (Å²) in [5.74, 6) is 0.0851. The highest BCUT2D eigenvalue weighted by Crippen LogP contribution is 2.50. The van der Waals surface area contributed by atoms with E-state index in [9.17, 15) is 4.79 Å². The van der Waals surface area contributed by atoms with Gasteiger partial charge in [-0.1, -0.05) is 12.1 Å². The van der Waals surface area contributed by atoms with Crippen LogP contribution in [0.3, 0.4) is 0 Å². The zero-order valence-corrected chi connectivity index (χ0v) is 13.3. The van der Waals surface area contributed by atoms with Gasteiger partial charge in [-0.05, 0) is 31.9 Å². The zero-order valence-electron chi connectivity index (χ0n) is 12.4. The fraction of sp³-hybridized carbons (Fsp3) is 0.467. The minimum Gasteiger partial charge on any atom is -0.323 e. The Morgan fingerprint density at radius 2 is 1.84 bits per heavy atom. The van der Waals surface area contributed by atoms with Crippen LogP contribution in [0.25, 0.3) is 4.85 Å². The summed E-state index contributed by atoms with van der Waals surface area (Å²) in [7, 11) is -1.12. The van der Waals surface area contributed by atoms with Crippen LogP contribution >= 0.6 is 7.26 Å². The summed E-state index contributed by atoms with van der Waals surface area (Å²) in [6.45, 7) is 17.4. The number of aryl methyl sites for hydroxylation is 2. The summed E-state index contributed by atoms with van der Waals surface area (Å²) < 4.78 is 0. The zero-order chi connectivity index (χ0) is 14.6. The number of hydrogen-bond donors (Lipinski definition) is 1. The first kappa shape index (κ1) is 15.7. The van der Waals surface area contributed by atoms with Crippen LogP contribution in [0.2, 0.25) is 0 Å². The van der Waals surface area contributed by atoms with Crippen LogP contribution in [0.5, 0.6) is 0 Å². The quantitative estimate of drug-likeness (QED) is 0.652. The normalized spacial score (nSPS) is 10.9. The van der Waals surface area contributed by atoms with E-state index < -0.39 is 7.26 Å². The van der Waals surface area contributed by atoms with E-state index in [0.717, 1.165) is 23.0 Å². The molecule has 0 aliphatic heterocycles. The van der Waals surface area contributed by atoms with Crippen LogP contribution in [0, 0.1) is 20.4 Å². The molecule has 0 aromatic heterocycles. The monoisotopic (exact) mass is 277 g/mol. The van der Waals surface area contributed by atoms with Crippen LogP contribution in [-0.4, -0.2) is 31.6 Å². The largest absolute Gasteiger partial charge is 0.323 e. The van der Waals surface area contributed by atoms with E-state index in [-0.39, 0.29) is 5.91 Å². The van der Waals surface area contributed by atoms with Gasteiger partial charge in [-0.25, -0.2) is 4.85 Å². The molecule has 0 spiro atoms. The number of benzene rings is 1. The van der Waals surface area contributed by atoms with Gasteiger partial charge in [0.2, 0.25) is 0 Å². The minimum atomic E-state index is -1.12. The maximum absolute atomic E-state index is 12.1. The Kier molecular flexibility index (Phi) is 5.09. The van der Waals surface area contributed by atoms with E-state index in [2.05, 4.69) is 30.4 Å². The Bertz CT molecular complexity index is 506. The van der Waals surface area contributed by atoms with Crippen molar-refractivity contribution < 1.29 is 4.79 Å². The van der Waals surface area contributed by atoms with Crippen LogP contribution in [-0.2, 0) is 4.79 Å². The molecular weight excluding hydrogens is 255 g/mol. The van der Waals surface area contributed by atoms with Crippen LogP contribution in [0.4, 0.5) is 11.4 Å². The molecule has 0 saturated carbocycles. The second-order valence-corrected chi connectivity index (χ2v) is 10.3. The van der Waals surface area contributed by atoms with Gasteiger partial charge in [-0.2, -0.15) is 0 Å². The summed E-state index contributed by atoms with van der Waals surface area (Å²) in [5, 5.41) is 3.01. The number of hydrogen-bond acceptors (Lipinski definition) is 1. The third-order valence-corrected chi connectivity index (χ3v) is 6.19. The molecule has 0 bridgehead atoms. The maximum atomic E-state index is 12.1. The lowest BCUT2D eigenvalue weighted by Crippen LogP contribution is -2.20. The lowest BCUT2D eigenvalue weighted by molar-refractivity contribution is -0.113. The summed E-state index contributed by atoms with van der Waals surface area (Å²) >= 11 is 0. The van der Waals surface area contributed by atoms with Crippen molar-refractivity contribution in [2.24, 2.45) is 0 Å². The number of carbonyl (C=O) groups is 1. The molecule has 1 aromatic rings. The number of anilines is 1. The van der Waals surface area contributed by atoms with E-state index in [4.69, 9.17) is 6.57 Å². The summed E-state index contributed by atoms with van der Waals surface area (Å²) in [4.78, 5) is 15.5. The molecule has 0 atom stereocenters. The number of amides is 1. The molecule has 1 amide bonds. The Morgan fingerprint density at radius 1 is 1.32 bits per heavy atom. The predicted molar refractivity (Wildman–Crippen MR) is 85.0 cm³/mol. The lowest BCUT2D eigenvalue weighted by Gasteiger charge is -2.17. The second kappa shape index (κ2) is 6.17. The predicted octanol–water partition coefficient (Wildman–Crippen LogP) is 4.09. The molecule has 0 aliphatic carbocycles. The van der Waals surface area contributed by atoms with Crippen molar-refractivity contribution in [1.29, 1.82) is 0 Å². The molecule has 0 fully saturated rings. The lowest BCUT2D eigenvalue weighted by atomic mass is 10.1. The van der Waals surface area contributed by atoms with Gasteiger partial charge in [-0.3, -0.25) is 4.79 Å². The SMILES string of the molecule is [C-]#[N+]c1cc(C)c(NC(=O)C[P+](C)(C)CC)c(C)c1. The third-order valence-electron chi connectivity index (χ3n) is 3.34. The fourth-order valence-corrected chi connectivity index (χ4v) is 2.96. The van der Waals surface area contributed by atoms with Gasteiger partial charge in [0.05, 0.1) is 12.7 Å². The van der Waals surface area contributed by atoms with E-state index >= 15 is 0 Å². The molecule has 0 heterocycles. The first-order chi connectivity index (χ1) is 8.79. The Morgan fingerprint density at radius 3 is 2.26 bits per heavy atom. The van der Waals surface area contributed by atoms with Crippen LogP contribution < -0.4 is 5.32 Å². The van der Waals surface area contributed by atoms with E-state index in [1.807, 2.05) is 26.0 Å². The first-order valence-corrected chi connectivity index (χ1v) is 9.45. The van der Waals surface area contributed by atoms with Gasteiger partial charge in [0.25, 0.3) is 5.91 Å². The highest BCUT2D eigenvalue weighted by Gasteiger charge is 2.26. The van der Waals surface area contributed by atoms with E-state index in [1.54, 1.807) is 0 Å². The van der Waals surface area contributed by atoms with Gasteiger partial charge in [0.1, 0.15) is 6.16 Å². The van der Waals surface area contributed by atoms with Crippen LogP contribution in [0.1, 0.15) is 18.1 Å². The molecule has 4 heteroatoms. The van der Waals surface area contributed by atoms with Gasteiger partial charge in [0.15, 0.2) is 5.69 Å². The number of nitrogens with one attached hydrogen (secondary N) is 1. The van der Waals surface area contributed by atoms with Crippen molar-refractivity contribution in [3.63, 3.8) is 0 Å². The molecule has 1 N–H and O–H groups in total. The summed E-state index contributed by atoms with van der Waals surface area (Å²) in [5.41, 5.74) is 3.38. The van der Waals surface area contributed by atoms with Crippen molar-refractivity contribution in [2.45, 2.75) is 20.8 Å². The van der Waals surface area contributed by atoms with E-state index in [1.165, 1.54) is 0 Å². The number of carbonyl (C=O) groups excluding carboxylic acids is 1. The molecule has 3 nitrogen and oxygen atoms in total. The van der Waals surface area contributed by atoms with Crippen molar-refractivity contribution in [3.05, 3.63) is 34.7 Å². The highest BCUT2D eigenvalue weighted by molar-refractivity contribution is 7.75. The average molecular weight is 277 g/mol. The molecule has 0 aliphatic rings. The topological polar surface area (TPSA) is 33.5 Å². The molecule has 0 saturated heterocycles. The smallest absolute Gasteiger partial charge is 0.261 e. The minimum absolute atomic E-state index is 0.0851. The van der Waals surface area contributed by atoms with Crippen LogP contribution in [0.15, 0.2) is 12.1 Å². The fourth-order valence-electron chi connectivity index (χ4n) is 1.88. The van der Waals surface area contributed by atoms with Gasteiger partial charge in [-0.15, -0.1) is 0 Å². The number of nitrogens with zero attached hydrogens (tertiary/aromatic N) is 1. The van der Waals surface area contributed by atoms with E-state index in [0.29, 0.717) is 11.8 Å². The van der Waals surface area contributed by atoms with Crippen molar-refractivity contribution in [2.75, 3.05) is 31.0 Å². The van der Waals surface area contributed by atoms with Gasteiger partial charge >= 0.3 is 0 Å². The Hall–Kier alpha value is -1.39. The molecular formula is C15H22N2OP+. The van der Waals surface area contributed by atoms with Crippen molar-refractivity contribution >= 4 is 24.5 Å². The van der Waals surface area contributed by atoms with Gasteiger partial charge < -0.3 is 5.32 Å².